The molecule has 2 rings (SSSR count). The van der Waals surface area contributed by atoms with E-state index in [0.29, 0.717) is 18.7 Å². The first-order valence-electron chi connectivity index (χ1n) is 6.64. The predicted octanol–water partition coefficient (Wildman–Crippen LogP) is 2.07. The molecule has 0 bridgehead atoms. The fraction of sp³-hybridized carbons (Fsp3) is 0.538. The zero-order valence-electron chi connectivity index (χ0n) is 12.5. The van der Waals surface area contributed by atoms with E-state index >= 15 is 0 Å². The number of ether oxygens (including phenoxy) is 1. The fourth-order valence-corrected chi connectivity index (χ4v) is 2.49. The lowest BCUT2D eigenvalue weighted by Gasteiger charge is -2.33. The molecule has 1 saturated heterocycles. The minimum Gasteiger partial charge on any atom is -0.500 e. The van der Waals surface area contributed by atoms with Crippen molar-refractivity contribution in [3.8, 4) is 11.5 Å². The van der Waals surface area contributed by atoms with Crippen molar-refractivity contribution in [1.82, 2.24) is 10.2 Å². The molecule has 0 aromatic heterocycles. The third-order valence-electron chi connectivity index (χ3n) is 3.62. The van der Waals surface area contributed by atoms with Gasteiger partial charge in [0.05, 0.1) is 18.1 Å². The van der Waals surface area contributed by atoms with Crippen molar-refractivity contribution in [1.29, 1.82) is 0 Å². The highest BCUT2D eigenvalue weighted by Gasteiger charge is 2.27. The summed E-state index contributed by atoms with van der Waals surface area (Å²) in [6, 6.07) is 2.08. The van der Waals surface area contributed by atoms with Crippen LogP contribution in [0.2, 0.25) is 0 Å². The minimum atomic E-state index is -0.700. The zero-order valence-corrected chi connectivity index (χ0v) is 14.2. The normalized spacial score (nSPS) is 15.9. The SMILES string of the molecule is COc1cc([C@@H](CF)N2CCNCC2)cc([N+](=O)[O-])c1O.Cl.Cl. The molecule has 1 atom stereocenters. The summed E-state index contributed by atoms with van der Waals surface area (Å²) < 4.78 is 18.4. The number of aromatic hydroxyl groups is 1. The smallest absolute Gasteiger partial charge is 0.314 e. The van der Waals surface area contributed by atoms with Crippen LogP contribution in [0, 0.1) is 10.1 Å². The van der Waals surface area contributed by atoms with Gasteiger partial charge in [-0.3, -0.25) is 15.0 Å². The maximum absolute atomic E-state index is 13.5. The van der Waals surface area contributed by atoms with Gasteiger partial charge in [-0.1, -0.05) is 0 Å². The van der Waals surface area contributed by atoms with E-state index in [1.54, 1.807) is 0 Å². The van der Waals surface area contributed by atoms with Crippen molar-refractivity contribution >= 4 is 30.5 Å². The first-order valence-corrected chi connectivity index (χ1v) is 6.64. The summed E-state index contributed by atoms with van der Waals surface area (Å²) in [6.45, 7) is 2.14. The number of halogens is 3. The number of phenols is 1. The topological polar surface area (TPSA) is 87.9 Å². The summed E-state index contributed by atoms with van der Waals surface area (Å²) in [5.41, 5.74) is -0.0429. The number of hydrogen-bond donors (Lipinski definition) is 2. The van der Waals surface area contributed by atoms with Gasteiger partial charge in [-0.15, -0.1) is 24.8 Å². The van der Waals surface area contributed by atoms with Crippen LogP contribution in [0.25, 0.3) is 0 Å². The molecule has 0 aliphatic carbocycles. The van der Waals surface area contributed by atoms with Gasteiger partial charge < -0.3 is 15.2 Å². The number of hydrogen-bond acceptors (Lipinski definition) is 6. The molecular weight excluding hydrogens is 352 g/mol. The Hall–Kier alpha value is -1.35. The Labute approximate surface area is 145 Å². The Morgan fingerprint density at radius 3 is 2.52 bits per heavy atom. The lowest BCUT2D eigenvalue weighted by molar-refractivity contribution is -0.386. The third kappa shape index (κ3) is 4.81. The fourth-order valence-electron chi connectivity index (χ4n) is 2.49. The van der Waals surface area contributed by atoms with Crippen LogP contribution in [0.5, 0.6) is 11.5 Å². The number of benzene rings is 1. The van der Waals surface area contributed by atoms with Gasteiger partial charge in [0.1, 0.15) is 6.67 Å². The molecular formula is C13H20Cl2FN3O4. The first kappa shape index (κ1) is 21.6. The van der Waals surface area contributed by atoms with E-state index in [1.165, 1.54) is 19.2 Å². The highest BCUT2D eigenvalue weighted by Crippen LogP contribution is 2.39. The molecule has 23 heavy (non-hydrogen) atoms. The molecule has 7 nitrogen and oxygen atoms in total. The molecule has 10 heteroatoms. The standard InChI is InChI=1S/C13H18FN3O4.2ClH/c1-21-12-7-9(6-10(13(12)18)17(19)20)11(8-14)16-4-2-15-3-5-16;;/h6-7,11,15,18H,2-5,8H2,1H3;2*1H/t11-;;/m1../s1. The molecule has 0 amide bonds. The van der Waals surface area contributed by atoms with Crippen LogP contribution in [-0.4, -0.2) is 54.9 Å². The molecule has 0 saturated carbocycles. The van der Waals surface area contributed by atoms with Gasteiger partial charge in [-0.25, -0.2) is 4.39 Å². The average molecular weight is 372 g/mol. The van der Waals surface area contributed by atoms with E-state index in [4.69, 9.17) is 4.74 Å². The van der Waals surface area contributed by atoms with Crippen LogP contribution in [0.1, 0.15) is 11.6 Å². The first-order chi connectivity index (χ1) is 10.1. The maximum atomic E-state index is 13.5. The third-order valence-corrected chi connectivity index (χ3v) is 3.62. The molecule has 1 fully saturated rings. The van der Waals surface area contributed by atoms with E-state index in [9.17, 15) is 19.6 Å². The number of nitro benzene ring substituents is 1. The highest BCUT2D eigenvalue weighted by molar-refractivity contribution is 5.85. The molecule has 1 aliphatic heterocycles. The lowest BCUT2D eigenvalue weighted by atomic mass is 10.0. The second-order valence-corrected chi connectivity index (χ2v) is 4.80. The second kappa shape index (κ2) is 9.71. The molecule has 1 aromatic carbocycles. The monoisotopic (exact) mass is 371 g/mol. The van der Waals surface area contributed by atoms with Gasteiger partial charge in [0.15, 0.2) is 5.75 Å². The Morgan fingerprint density at radius 1 is 1.43 bits per heavy atom. The van der Waals surface area contributed by atoms with Crippen LogP contribution in [0.4, 0.5) is 10.1 Å². The number of methoxy groups -OCH3 is 1. The number of piperazine rings is 1. The number of rotatable bonds is 5. The number of alkyl halides is 1. The minimum absolute atomic E-state index is 0. The summed E-state index contributed by atoms with van der Waals surface area (Å²) in [5, 5.41) is 23.9. The molecule has 0 spiro atoms. The maximum Gasteiger partial charge on any atom is 0.314 e. The molecule has 0 unspecified atom stereocenters. The lowest BCUT2D eigenvalue weighted by Crippen LogP contribution is -2.45. The number of nitro groups is 1. The number of nitrogens with zero attached hydrogens (tertiary/aromatic N) is 2. The van der Waals surface area contributed by atoms with Crippen molar-refractivity contribution in [2.45, 2.75) is 6.04 Å². The van der Waals surface area contributed by atoms with Gasteiger partial charge in [-0.05, 0) is 11.6 Å². The zero-order chi connectivity index (χ0) is 15.4. The highest BCUT2D eigenvalue weighted by atomic mass is 35.5. The molecule has 2 N–H and O–H groups in total. The Kier molecular flexibility index (Phi) is 9.14. The van der Waals surface area contributed by atoms with Crippen LogP contribution in [-0.2, 0) is 0 Å². The number of nitrogens with one attached hydrogen (secondary N) is 1. The van der Waals surface area contributed by atoms with Crippen LogP contribution < -0.4 is 10.1 Å². The van der Waals surface area contributed by atoms with Crippen LogP contribution in [0.15, 0.2) is 12.1 Å². The summed E-state index contributed by atoms with van der Waals surface area (Å²) in [5.74, 6) is -0.558. The van der Waals surface area contributed by atoms with E-state index in [0.717, 1.165) is 13.1 Å². The van der Waals surface area contributed by atoms with Crippen molar-refractivity contribution in [2.75, 3.05) is 40.0 Å². The number of phenolic OH excluding ortho intramolecular Hbond substituents is 1. The molecule has 1 aliphatic rings. The summed E-state index contributed by atoms with van der Waals surface area (Å²) in [6.07, 6.45) is 0. The van der Waals surface area contributed by atoms with E-state index in [1.807, 2.05) is 4.90 Å². The van der Waals surface area contributed by atoms with Gasteiger partial charge in [0.25, 0.3) is 0 Å². The quantitative estimate of drug-likeness (QED) is 0.608. The van der Waals surface area contributed by atoms with Gasteiger partial charge in [-0.2, -0.15) is 0 Å². The Morgan fingerprint density at radius 2 is 2.04 bits per heavy atom. The predicted molar refractivity (Wildman–Crippen MR) is 89.0 cm³/mol. The van der Waals surface area contributed by atoms with E-state index in [2.05, 4.69) is 5.32 Å². The summed E-state index contributed by atoms with van der Waals surface area (Å²) >= 11 is 0. The largest absolute Gasteiger partial charge is 0.500 e. The van der Waals surface area contributed by atoms with Crippen molar-refractivity contribution in [3.63, 3.8) is 0 Å². The van der Waals surface area contributed by atoms with Gasteiger partial charge in [0, 0.05) is 32.2 Å². The summed E-state index contributed by atoms with van der Waals surface area (Å²) in [7, 11) is 1.30. The summed E-state index contributed by atoms with van der Waals surface area (Å²) in [4.78, 5) is 12.2. The van der Waals surface area contributed by atoms with Crippen molar-refractivity contribution in [2.24, 2.45) is 0 Å². The van der Waals surface area contributed by atoms with Crippen molar-refractivity contribution < 1.29 is 19.2 Å². The van der Waals surface area contributed by atoms with Crippen molar-refractivity contribution in [3.05, 3.63) is 27.8 Å². The van der Waals surface area contributed by atoms with Gasteiger partial charge >= 0.3 is 5.69 Å². The van der Waals surface area contributed by atoms with E-state index < -0.39 is 29.1 Å². The van der Waals surface area contributed by atoms with Crippen LogP contribution in [0.3, 0.4) is 0 Å². The Bertz CT molecular complexity index is 530. The van der Waals surface area contributed by atoms with Gasteiger partial charge in [0.2, 0.25) is 5.75 Å². The van der Waals surface area contributed by atoms with Crippen LogP contribution >= 0.6 is 24.8 Å². The average Bonchev–Trinajstić information content (AvgIpc) is 2.50. The van der Waals surface area contributed by atoms with E-state index in [-0.39, 0.29) is 30.6 Å². The Balaban J connectivity index is 0.00000242. The molecule has 132 valence electrons. The molecule has 1 heterocycles. The second-order valence-electron chi connectivity index (χ2n) is 4.80. The molecule has 1 aromatic rings. The molecule has 0 radical (unpaired) electrons.